The molecule has 7 aromatic carbocycles. The molecule has 10 rings (SSSR count). The van der Waals surface area contributed by atoms with Crippen LogP contribution in [0.5, 0.6) is 0 Å². The highest BCUT2D eigenvalue weighted by atomic mass is 28.3. The molecule has 1 aliphatic rings. The molecule has 0 saturated carbocycles. The van der Waals surface area contributed by atoms with E-state index in [0.717, 1.165) is 73.0 Å². The summed E-state index contributed by atoms with van der Waals surface area (Å²) >= 11 is 0. The van der Waals surface area contributed by atoms with Crippen LogP contribution in [0.4, 0.5) is 0 Å². The van der Waals surface area contributed by atoms with Crippen LogP contribution in [-0.2, 0) is 0 Å². The van der Waals surface area contributed by atoms with Crippen LogP contribution in [0.3, 0.4) is 0 Å². The maximum Gasteiger partial charge on any atom is 0.160 e. The second-order valence-electron chi connectivity index (χ2n) is 15.1. The van der Waals surface area contributed by atoms with E-state index in [1.54, 1.807) is 0 Å². The van der Waals surface area contributed by atoms with Gasteiger partial charge in [-0.25, -0.2) is 19.9 Å². The molecule has 0 spiro atoms. The minimum atomic E-state index is -2.06. The SMILES string of the molecule is C[Si]1(C)c2ccccc2-c2c(-c3cccc(-c4cccc(-c5cccc(-c6cc(-c7ccccc7)nc(-c7ccccc7)n6)c5)c4)c3)nc(-c3ccccc3)nc21. The topological polar surface area (TPSA) is 51.6 Å². The quantitative estimate of drug-likeness (QED) is 0.152. The maximum atomic E-state index is 5.34. The van der Waals surface area contributed by atoms with Gasteiger partial charge in [-0.3, -0.25) is 0 Å². The van der Waals surface area contributed by atoms with Gasteiger partial charge in [-0.05, 0) is 57.3 Å². The number of aromatic nitrogens is 4. The highest BCUT2D eigenvalue weighted by Crippen LogP contribution is 2.38. The molecule has 9 aromatic rings. The lowest BCUT2D eigenvalue weighted by Crippen LogP contribution is -2.50. The zero-order valence-corrected chi connectivity index (χ0v) is 32.8. The summed E-state index contributed by atoms with van der Waals surface area (Å²) in [5.74, 6) is 1.49. The lowest BCUT2D eigenvalue weighted by Gasteiger charge is -2.19. The molecule has 0 aliphatic carbocycles. The van der Waals surface area contributed by atoms with Crippen LogP contribution in [0.15, 0.2) is 194 Å². The van der Waals surface area contributed by atoms with Crippen LogP contribution in [0.25, 0.3) is 89.9 Å². The third-order valence-electron chi connectivity index (χ3n) is 11.1. The molecule has 5 heteroatoms. The Bertz CT molecular complexity index is 2870. The van der Waals surface area contributed by atoms with Crippen molar-refractivity contribution >= 4 is 18.6 Å². The van der Waals surface area contributed by atoms with Gasteiger partial charge < -0.3 is 0 Å². The van der Waals surface area contributed by atoms with E-state index in [1.165, 1.54) is 21.6 Å². The van der Waals surface area contributed by atoms with E-state index in [-0.39, 0.29) is 0 Å². The van der Waals surface area contributed by atoms with Crippen molar-refractivity contribution in [1.82, 2.24) is 19.9 Å². The molecule has 1 aliphatic heterocycles. The highest BCUT2D eigenvalue weighted by molar-refractivity contribution is 7.03. The van der Waals surface area contributed by atoms with Gasteiger partial charge in [0.15, 0.2) is 11.6 Å². The molecule has 0 amide bonds. The van der Waals surface area contributed by atoms with Gasteiger partial charge in [0.2, 0.25) is 0 Å². The summed E-state index contributed by atoms with van der Waals surface area (Å²) < 4.78 is 0. The van der Waals surface area contributed by atoms with Gasteiger partial charge in [0.25, 0.3) is 0 Å². The molecule has 57 heavy (non-hydrogen) atoms. The van der Waals surface area contributed by atoms with Crippen LogP contribution in [0, 0.1) is 0 Å². The fraction of sp³-hybridized carbons (Fsp3) is 0.0385. The molecular weight excluding hydrogens is 709 g/mol. The highest BCUT2D eigenvalue weighted by Gasteiger charge is 2.41. The Morgan fingerprint density at radius 1 is 0.333 bits per heavy atom. The molecule has 0 saturated heterocycles. The average molecular weight is 747 g/mol. The zero-order chi connectivity index (χ0) is 38.3. The molecule has 0 N–H and O–H groups in total. The Kier molecular flexibility index (Phi) is 8.58. The smallest absolute Gasteiger partial charge is 0.160 e. The average Bonchev–Trinajstić information content (AvgIpc) is 3.52. The molecule has 0 radical (unpaired) electrons. The minimum absolute atomic E-state index is 0.707. The molecule has 0 fully saturated rings. The summed E-state index contributed by atoms with van der Waals surface area (Å²) in [7, 11) is -2.06. The van der Waals surface area contributed by atoms with Crippen molar-refractivity contribution in [2.45, 2.75) is 13.1 Å². The zero-order valence-electron chi connectivity index (χ0n) is 31.8. The number of benzene rings is 7. The fourth-order valence-electron chi connectivity index (χ4n) is 8.12. The number of hydrogen-bond donors (Lipinski definition) is 0. The van der Waals surface area contributed by atoms with E-state index in [1.807, 2.05) is 42.5 Å². The van der Waals surface area contributed by atoms with Gasteiger partial charge in [0, 0.05) is 38.7 Å². The molecule has 0 unspecified atom stereocenters. The van der Waals surface area contributed by atoms with Crippen LogP contribution >= 0.6 is 0 Å². The number of hydrogen-bond acceptors (Lipinski definition) is 4. The normalized spacial score (nSPS) is 12.5. The summed E-state index contributed by atoms with van der Waals surface area (Å²) in [6, 6.07) is 68.1. The van der Waals surface area contributed by atoms with E-state index in [4.69, 9.17) is 19.9 Å². The third kappa shape index (κ3) is 6.38. The van der Waals surface area contributed by atoms with Crippen molar-refractivity contribution in [2.75, 3.05) is 0 Å². The molecule has 4 nitrogen and oxygen atoms in total. The van der Waals surface area contributed by atoms with Crippen LogP contribution in [0.2, 0.25) is 13.1 Å². The monoisotopic (exact) mass is 746 g/mol. The van der Waals surface area contributed by atoms with Crippen molar-refractivity contribution < 1.29 is 0 Å². The summed E-state index contributed by atoms with van der Waals surface area (Å²) in [5.41, 5.74) is 15.0. The Labute approximate surface area is 334 Å². The van der Waals surface area contributed by atoms with Gasteiger partial charge in [0.1, 0.15) is 8.07 Å². The van der Waals surface area contributed by atoms with Crippen molar-refractivity contribution in [2.24, 2.45) is 0 Å². The Balaban J connectivity index is 1.05. The Hall–Kier alpha value is -7.08. The number of nitrogens with zero attached hydrogens (tertiary/aromatic N) is 4. The molecular formula is C52H38N4Si. The Morgan fingerprint density at radius 2 is 0.754 bits per heavy atom. The standard InChI is InChI=1S/C52H38N4Si/c1-57(2)47-30-13-12-29-44(47)48-49(55-51(56-52(48)57)37-21-10-5-11-22-37)43-28-16-26-41(33-43)39-24-14-23-38(31-39)40-25-15-27-42(32-40)46-34-45(35-17-6-3-7-18-35)53-50(54-46)36-19-8-4-9-20-36/h3-34H,1-2H3. The van der Waals surface area contributed by atoms with Gasteiger partial charge in [-0.15, -0.1) is 0 Å². The lowest BCUT2D eigenvalue weighted by atomic mass is 9.94. The molecule has 0 atom stereocenters. The Morgan fingerprint density at radius 3 is 1.35 bits per heavy atom. The summed E-state index contributed by atoms with van der Waals surface area (Å²) in [6.45, 7) is 4.82. The lowest BCUT2D eigenvalue weighted by molar-refractivity contribution is 1.18. The number of fused-ring (bicyclic) bond motifs is 3. The second-order valence-corrected chi connectivity index (χ2v) is 19.4. The van der Waals surface area contributed by atoms with Gasteiger partial charge in [-0.1, -0.05) is 183 Å². The first-order valence-corrected chi connectivity index (χ1v) is 22.4. The molecule has 2 aromatic heterocycles. The number of rotatable bonds is 7. The van der Waals surface area contributed by atoms with Crippen LogP contribution < -0.4 is 10.5 Å². The molecule has 0 bridgehead atoms. The summed E-state index contributed by atoms with van der Waals surface area (Å²) in [4.78, 5) is 20.7. The largest absolute Gasteiger partial charge is 0.237 e. The van der Waals surface area contributed by atoms with Crippen molar-refractivity contribution in [3.8, 4) is 89.9 Å². The summed E-state index contributed by atoms with van der Waals surface area (Å²) in [5, 5.41) is 2.62. The molecule has 3 heterocycles. The van der Waals surface area contributed by atoms with E-state index >= 15 is 0 Å². The van der Waals surface area contributed by atoms with Crippen LogP contribution in [-0.4, -0.2) is 28.0 Å². The second kappa shape index (κ2) is 14.2. The van der Waals surface area contributed by atoms with Crippen molar-refractivity contribution in [3.05, 3.63) is 194 Å². The first kappa shape index (κ1) is 34.4. The predicted octanol–water partition coefficient (Wildman–Crippen LogP) is 11.7. The minimum Gasteiger partial charge on any atom is -0.237 e. The third-order valence-corrected chi connectivity index (χ3v) is 14.4. The maximum absolute atomic E-state index is 5.34. The van der Waals surface area contributed by atoms with Gasteiger partial charge in [0.05, 0.1) is 17.1 Å². The fourth-order valence-corrected chi connectivity index (χ4v) is 11.0. The molecule has 270 valence electrons. The van der Waals surface area contributed by atoms with Crippen molar-refractivity contribution in [3.63, 3.8) is 0 Å². The van der Waals surface area contributed by atoms with E-state index in [0.29, 0.717) is 5.82 Å². The van der Waals surface area contributed by atoms with Crippen LogP contribution in [0.1, 0.15) is 0 Å². The first-order chi connectivity index (χ1) is 28.0. The summed E-state index contributed by atoms with van der Waals surface area (Å²) in [6.07, 6.45) is 0. The van der Waals surface area contributed by atoms with E-state index in [9.17, 15) is 0 Å². The van der Waals surface area contributed by atoms with Crippen molar-refractivity contribution in [1.29, 1.82) is 0 Å². The van der Waals surface area contributed by atoms with Gasteiger partial charge in [-0.2, -0.15) is 0 Å². The first-order valence-electron chi connectivity index (χ1n) is 19.4. The van der Waals surface area contributed by atoms with E-state index in [2.05, 4.69) is 165 Å². The van der Waals surface area contributed by atoms with E-state index < -0.39 is 8.07 Å². The predicted molar refractivity (Wildman–Crippen MR) is 238 cm³/mol. The van der Waals surface area contributed by atoms with Gasteiger partial charge >= 0.3 is 0 Å².